The van der Waals surface area contributed by atoms with Crippen LogP contribution in [0, 0.1) is 17.6 Å². The molecule has 1 heterocycles. The number of halogens is 3. The van der Waals surface area contributed by atoms with Crippen molar-refractivity contribution in [2.24, 2.45) is 5.92 Å². The highest BCUT2D eigenvalue weighted by Crippen LogP contribution is 2.30. The Bertz CT molecular complexity index is 550. The lowest BCUT2D eigenvalue weighted by atomic mass is 10.1. The van der Waals surface area contributed by atoms with Gasteiger partial charge < -0.3 is 10.0 Å². The first-order valence-corrected chi connectivity index (χ1v) is 6.65. The van der Waals surface area contributed by atoms with Crippen LogP contribution in [0.2, 0.25) is 0 Å². The average molecular weight is 334 g/mol. The van der Waals surface area contributed by atoms with E-state index >= 15 is 0 Å². The maximum atomic E-state index is 13.8. The van der Waals surface area contributed by atoms with E-state index in [1.165, 1.54) is 0 Å². The molecule has 0 radical (unpaired) electrons. The second-order valence-electron chi connectivity index (χ2n) is 4.29. The van der Waals surface area contributed by atoms with Crippen LogP contribution in [0.4, 0.5) is 14.5 Å². The minimum Gasteiger partial charge on any atom is -0.478 e. The van der Waals surface area contributed by atoms with Gasteiger partial charge in [-0.2, -0.15) is 0 Å². The Balaban J connectivity index is 2.39. The molecule has 1 fully saturated rings. The summed E-state index contributed by atoms with van der Waals surface area (Å²) in [6, 6.07) is 2.08. The molecule has 1 aromatic rings. The fourth-order valence-corrected chi connectivity index (χ4v) is 2.46. The van der Waals surface area contributed by atoms with E-state index in [0.29, 0.717) is 5.33 Å². The number of carbonyl (C=O) groups excluding carboxylic acids is 1. The van der Waals surface area contributed by atoms with Crippen LogP contribution in [0.15, 0.2) is 12.1 Å². The highest BCUT2D eigenvalue weighted by atomic mass is 79.9. The van der Waals surface area contributed by atoms with Gasteiger partial charge in [0.2, 0.25) is 5.91 Å². The summed E-state index contributed by atoms with van der Waals surface area (Å²) >= 11 is 3.24. The van der Waals surface area contributed by atoms with Gasteiger partial charge in [0.25, 0.3) is 0 Å². The van der Waals surface area contributed by atoms with E-state index in [-0.39, 0.29) is 30.5 Å². The molecule has 0 bridgehead atoms. The summed E-state index contributed by atoms with van der Waals surface area (Å²) in [4.78, 5) is 23.6. The van der Waals surface area contributed by atoms with Crippen molar-refractivity contribution in [3.05, 3.63) is 29.3 Å². The Labute approximate surface area is 116 Å². The smallest absolute Gasteiger partial charge is 0.338 e. The Kier molecular flexibility index (Phi) is 3.84. The number of amides is 1. The summed E-state index contributed by atoms with van der Waals surface area (Å²) in [6.45, 7) is 0.285. The van der Waals surface area contributed by atoms with Crippen molar-refractivity contribution < 1.29 is 23.5 Å². The summed E-state index contributed by atoms with van der Waals surface area (Å²) in [5, 5.41) is 9.27. The normalized spacial score (nSPS) is 19.0. The third kappa shape index (κ3) is 2.47. The molecule has 0 saturated carbocycles. The van der Waals surface area contributed by atoms with Crippen molar-refractivity contribution in [2.75, 3.05) is 16.8 Å². The Morgan fingerprint density at radius 1 is 1.42 bits per heavy atom. The number of benzene rings is 1. The van der Waals surface area contributed by atoms with Crippen LogP contribution in [0.3, 0.4) is 0 Å². The minimum absolute atomic E-state index is 0.0362. The largest absolute Gasteiger partial charge is 0.478 e. The number of carboxylic acid groups (broad SMARTS) is 1. The Morgan fingerprint density at radius 2 is 2.11 bits per heavy atom. The van der Waals surface area contributed by atoms with E-state index in [1.54, 1.807) is 0 Å². The third-order valence-corrected chi connectivity index (χ3v) is 3.92. The van der Waals surface area contributed by atoms with E-state index < -0.39 is 23.2 Å². The van der Waals surface area contributed by atoms with E-state index in [2.05, 4.69) is 15.9 Å². The lowest BCUT2D eigenvalue weighted by Crippen LogP contribution is -2.26. The van der Waals surface area contributed by atoms with Crippen LogP contribution in [-0.4, -0.2) is 28.9 Å². The van der Waals surface area contributed by atoms with Gasteiger partial charge in [0.1, 0.15) is 0 Å². The minimum atomic E-state index is -1.55. The molecule has 2 rings (SSSR count). The molecule has 1 aromatic carbocycles. The number of carbonyl (C=O) groups is 2. The molecule has 7 heteroatoms. The van der Waals surface area contributed by atoms with E-state index in [0.717, 1.165) is 17.0 Å². The van der Waals surface area contributed by atoms with E-state index in [9.17, 15) is 18.4 Å². The van der Waals surface area contributed by atoms with Gasteiger partial charge in [-0.3, -0.25) is 4.79 Å². The molecule has 1 saturated heterocycles. The van der Waals surface area contributed by atoms with Gasteiger partial charge in [-0.25, -0.2) is 13.6 Å². The number of aromatic carboxylic acids is 1. The lowest BCUT2D eigenvalue weighted by Gasteiger charge is -2.18. The predicted octanol–water partition coefficient (Wildman–Crippen LogP) is 2.41. The summed E-state index contributed by atoms with van der Waals surface area (Å²) < 4.78 is 27.4. The monoisotopic (exact) mass is 333 g/mol. The fraction of sp³-hybridized carbons (Fsp3) is 0.333. The first-order chi connectivity index (χ1) is 8.95. The van der Waals surface area contributed by atoms with Crippen molar-refractivity contribution in [1.82, 2.24) is 0 Å². The van der Waals surface area contributed by atoms with Gasteiger partial charge in [0, 0.05) is 18.3 Å². The molecule has 0 aliphatic carbocycles. The Hall–Kier alpha value is -1.50. The van der Waals surface area contributed by atoms with Crippen LogP contribution < -0.4 is 4.90 Å². The van der Waals surface area contributed by atoms with Gasteiger partial charge in [-0.05, 0) is 18.1 Å². The van der Waals surface area contributed by atoms with Gasteiger partial charge in [0.05, 0.1) is 11.3 Å². The van der Waals surface area contributed by atoms with Crippen molar-refractivity contribution in [3.8, 4) is 0 Å². The van der Waals surface area contributed by atoms with Crippen LogP contribution in [0.25, 0.3) is 0 Å². The molecule has 1 N–H and O–H groups in total. The standard InChI is InChI=1S/C12H10BrF2NO3/c13-4-6-3-9(17)16(5-6)8-2-1-7(12(18)19)10(14)11(8)15/h1-2,6H,3-5H2,(H,18,19). The van der Waals surface area contributed by atoms with Crippen LogP contribution in [0.1, 0.15) is 16.8 Å². The summed E-state index contributed by atoms with van der Waals surface area (Å²) in [5.41, 5.74) is -0.958. The number of nitrogens with zero attached hydrogens (tertiary/aromatic N) is 1. The Morgan fingerprint density at radius 3 is 2.63 bits per heavy atom. The van der Waals surface area contributed by atoms with Gasteiger partial charge in [0.15, 0.2) is 11.6 Å². The SMILES string of the molecule is O=C(O)c1ccc(N2CC(CBr)CC2=O)c(F)c1F. The summed E-state index contributed by atoms with van der Waals surface area (Å²) in [7, 11) is 0. The zero-order valence-corrected chi connectivity index (χ0v) is 11.3. The van der Waals surface area contributed by atoms with Crippen LogP contribution in [0.5, 0.6) is 0 Å². The number of rotatable bonds is 3. The summed E-state index contributed by atoms with van der Waals surface area (Å²) in [5.74, 6) is -4.56. The fourth-order valence-electron chi connectivity index (χ4n) is 2.03. The number of alkyl halides is 1. The van der Waals surface area contributed by atoms with Crippen LogP contribution >= 0.6 is 15.9 Å². The number of hydrogen-bond donors (Lipinski definition) is 1. The second kappa shape index (κ2) is 5.24. The molecule has 1 aliphatic heterocycles. The van der Waals surface area contributed by atoms with Gasteiger partial charge >= 0.3 is 5.97 Å². The maximum absolute atomic E-state index is 13.8. The molecule has 4 nitrogen and oxygen atoms in total. The first-order valence-electron chi connectivity index (χ1n) is 5.53. The highest BCUT2D eigenvalue weighted by Gasteiger charge is 2.32. The van der Waals surface area contributed by atoms with E-state index in [1.807, 2.05) is 0 Å². The van der Waals surface area contributed by atoms with Crippen molar-refractivity contribution in [2.45, 2.75) is 6.42 Å². The zero-order valence-electron chi connectivity index (χ0n) is 9.70. The molecule has 1 unspecified atom stereocenters. The number of anilines is 1. The van der Waals surface area contributed by atoms with Crippen molar-refractivity contribution >= 4 is 33.5 Å². The quantitative estimate of drug-likeness (QED) is 0.864. The van der Waals surface area contributed by atoms with E-state index in [4.69, 9.17) is 5.11 Å². The van der Waals surface area contributed by atoms with Crippen LogP contribution in [-0.2, 0) is 4.79 Å². The zero-order chi connectivity index (χ0) is 14.2. The lowest BCUT2D eigenvalue weighted by molar-refractivity contribution is -0.117. The topological polar surface area (TPSA) is 57.6 Å². The molecule has 0 spiro atoms. The molecular weight excluding hydrogens is 324 g/mol. The predicted molar refractivity (Wildman–Crippen MR) is 67.6 cm³/mol. The highest BCUT2D eigenvalue weighted by molar-refractivity contribution is 9.09. The molecule has 1 atom stereocenters. The second-order valence-corrected chi connectivity index (χ2v) is 4.94. The molecule has 19 heavy (non-hydrogen) atoms. The average Bonchev–Trinajstić information content (AvgIpc) is 2.73. The van der Waals surface area contributed by atoms with Gasteiger partial charge in [-0.1, -0.05) is 15.9 Å². The number of carboxylic acids is 1. The van der Waals surface area contributed by atoms with Crippen molar-refractivity contribution in [1.29, 1.82) is 0 Å². The van der Waals surface area contributed by atoms with Gasteiger partial charge in [-0.15, -0.1) is 0 Å². The molecule has 0 aromatic heterocycles. The molecule has 1 amide bonds. The maximum Gasteiger partial charge on any atom is 0.338 e. The molecule has 102 valence electrons. The third-order valence-electron chi connectivity index (χ3n) is 3.01. The molecule has 1 aliphatic rings. The molecular formula is C12H10BrF2NO3. The summed E-state index contributed by atoms with van der Waals surface area (Å²) in [6.07, 6.45) is 0.257. The number of hydrogen-bond acceptors (Lipinski definition) is 2. The van der Waals surface area contributed by atoms with Crippen molar-refractivity contribution in [3.63, 3.8) is 0 Å². The first kappa shape index (κ1) is 13.9.